The van der Waals surface area contributed by atoms with E-state index in [0.29, 0.717) is 24.4 Å². The molecule has 0 N–H and O–H groups in total. The van der Waals surface area contributed by atoms with Gasteiger partial charge < -0.3 is 4.74 Å². The summed E-state index contributed by atoms with van der Waals surface area (Å²) in [6.45, 7) is 5.35. The molecule has 0 aromatic rings. The van der Waals surface area contributed by atoms with Gasteiger partial charge in [-0.05, 0) is 80.3 Å². The van der Waals surface area contributed by atoms with Crippen molar-refractivity contribution in [3.05, 3.63) is 23.8 Å². The van der Waals surface area contributed by atoms with E-state index < -0.39 is 0 Å². The number of ketones is 1. The second-order valence-electron chi connectivity index (χ2n) is 9.57. The van der Waals surface area contributed by atoms with Crippen LogP contribution in [-0.4, -0.2) is 18.4 Å². The summed E-state index contributed by atoms with van der Waals surface area (Å²) in [7, 11) is 0. The molecule has 1 spiro atoms. The molecule has 5 rings (SSSR count). The van der Waals surface area contributed by atoms with Gasteiger partial charge in [0.1, 0.15) is 0 Å². The van der Waals surface area contributed by atoms with Crippen LogP contribution in [0.4, 0.5) is 0 Å². The van der Waals surface area contributed by atoms with E-state index in [9.17, 15) is 9.59 Å². The molecule has 0 radical (unpaired) electrons. The Hall–Kier alpha value is -1.38. The molecular formula is C22H28O3. The first-order valence-corrected chi connectivity index (χ1v) is 10.0. The van der Waals surface area contributed by atoms with Crippen molar-refractivity contribution >= 4 is 11.8 Å². The van der Waals surface area contributed by atoms with E-state index in [-0.39, 0.29) is 28.0 Å². The lowest BCUT2D eigenvalue weighted by atomic mass is 9.46. The fraction of sp³-hybridized carbons (Fsp3) is 0.727. The largest absolute Gasteiger partial charge is 0.465 e. The molecular weight excluding hydrogens is 312 g/mol. The summed E-state index contributed by atoms with van der Waals surface area (Å²) in [6, 6.07) is 0. The van der Waals surface area contributed by atoms with Gasteiger partial charge in [0.25, 0.3) is 0 Å². The summed E-state index contributed by atoms with van der Waals surface area (Å²) in [5.41, 5.74) is 1.29. The van der Waals surface area contributed by atoms with Crippen molar-refractivity contribution in [1.82, 2.24) is 0 Å². The van der Waals surface area contributed by atoms with Gasteiger partial charge in [0.15, 0.2) is 5.78 Å². The molecule has 0 aromatic carbocycles. The summed E-state index contributed by atoms with van der Waals surface area (Å²) in [6.07, 6.45) is 13.5. The van der Waals surface area contributed by atoms with Gasteiger partial charge in [-0.25, -0.2) is 0 Å². The maximum Gasteiger partial charge on any atom is 0.312 e. The van der Waals surface area contributed by atoms with Crippen LogP contribution in [0.15, 0.2) is 23.8 Å². The number of allylic oxidation sites excluding steroid dienone is 4. The van der Waals surface area contributed by atoms with Gasteiger partial charge >= 0.3 is 5.97 Å². The second-order valence-corrected chi connectivity index (χ2v) is 9.57. The number of ether oxygens (including phenoxy) is 1. The molecule has 5 aliphatic rings. The first-order chi connectivity index (χ1) is 11.9. The highest BCUT2D eigenvalue weighted by Crippen LogP contribution is 2.71. The van der Waals surface area contributed by atoms with E-state index in [1.165, 1.54) is 24.8 Å². The number of fused-ring (bicyclic) bond motifs is 6. The minimum atomic E-state index is -0.210. The molecule has 3 saturated carbocycles. The number of rotatable bonds is 0. The molecule has 1 heterocycles. The Labute approximate surface area is 149 Å². The van der Waals surface area contributed by atoms with Crippen molar-refractivity contribution in [2.24, 2.45) is 34.0 Å². The van der Waals surface area contributed by atoms with E-state index in [2.05, 4.69) is 19.9 Å². The van der Waals surface area contributed by atoms with E-state index in [4.69, 9.17) is 4.74 Å². The van der Waals surface area contributed by atoms with Crippen LogP contribution in [-0.2, 0) is 14.3 Å². The van der Waals surface area contributed by atoms with Crippen molar-refractivity contribution in [2.75, 3.05) is 6.61 Å². The fourth-order valence-corrected chi connectivity index (χ4v) is 7.64. The SMILES string of the molecule is CC12C=CC(=O)C=C1CCC1C3CC[C@@]4(CCOC4=O)C3(C)CC[C@@H]12. The van der Waals surface area contributed by atoms with Crippen molar-refractivity contribution in [1.29, 1.82) is 0 Å². The quantitative estimate of drug-likeness (QED) is 0.620. The molecule has 1 aliphatic heterocycles. The highest BCUT2D eigenvalue weighted by Gasteiger charge is 2.68. The third kappa shape index (κ3) is 1.77. The van der Waals surface area contributed by atoms with Gasteiger partial charge in [-0.1, -0.05) is 25.5 Å². The molecule has 0 aromatic heterocycles. The number of carbonyl (C=O) groups is 2. The normalized spacial score (nSPS) is 51.0. The van der Waals surface area contributed by atoms with E-state index >= 15 is 0 Å². The zero-order valence-electron chi connectivity index (χ0n) is 15.3. The first-order valence-electron chi connectivity index (χ1n) is 10.0. The van der Waals surface area contributed by atoms with Crippen LogP contribution in [0.2, 0.25) is 0 Å². The highest BCUT2D eigenvalue weighted by molar-refractivity contribution is 6.01. The van der Waals surface area contributed by atoms with Crippen LogP contribution in [0, 0.1) is 34.0 Å². The Morgan fingerprint density at radius 1 is 1.04 bits per heavy atom. The van der Waals surface area contributed by atoms with Crippen molar-refractivity contribution in [2.45, 2.75) is 58.8 Å². The lowest BCUT2D eigenvalue weighted by Crippen LogP contribution is -2.53. The molecule has 0 amide bonds. The average molecular weight is 340 g/mol. The second kappa shape index (κ2) is 4.86. The Kier molecular flexibility index (Phi) is 3.08. The number of cyclic esters (lactones) is 1. The van der Waals surface area contributed by atoms with Crippen LogP contribution in [0.3, 0.4) is 0 Å². The summed E-state index contributed by atoms with van der Waals surface area (Å²) < 4.78 is 5.46. The highest BCUT2D eigenvalue weighted by atomic mass is 16.5. The van der Waals surface area contributed by atoms with Crippen molar-refractivity contribution < 1.29 is 14.3 Å². The van der Waals surface area contributed by atoms with Crippen LogP contribution in [0.1, 0.15) is 58.8 Å². The van der Waals surface area contributed by atoms with Gasteiger partial charge in [0.2, 0.25) is 0 Å². The van der Waals surface area contributed by atoms with Crippen LogP contribution in [0.25, 0.3) is 0 Å². The van der Waals surface area contributed by atoms with Gasteiger partial charge in [-0.2, -0.15) is 0 Å². The number of hydrogen-bond donors (Lipinski definition) is 0. The van der Waals surface area contributed by atoms with E-state index in [0.717, 1.165) is 25.7 Å². The topological polar surface area (TPSA) is 43.4 Å². The Morgan fingerprint density at radius 2 is 1.84 bits per heavy atom. The Balaban J connectivity index is 1.52. The molecule has 134 valence electrons. The zero-order chi connectivity index (χ0) is 17.4. The summed E-state index contributed by atoms with van der Waals surface area (Å²) in [4.78, 5) is 24.5. The molecule has 3 heteroatoms. The third-order valence-electron chi connectivity index (χ3n) is 9.07. The molecule has 4 fully saturated rings. The van der Waals surface area contributed by atoms with Gasteiger partial charge in [0, 0.05) is 5.41 Å². The Morgan fingerprint density at radius 3 is 2.60 bits per heavy atom. The zero-order valence-corrected chi connectivity index (χ0v) is 15.3. The smallest absolute Gasteiger partial charge is 0.312 e. The maximum atomic E-state index is 12.7. The number of esters is 1. The van der Waals surface area contributed by atoms with Gasteiger partial charge in [-0.3, -0.25) is 9.59 Å². The standard InChI is InChI=1S/C22H28O3/c1-20-8-5-15(23)13-14(20)3-4-16-17(20)6-9-21(2)18(16)7-10-22(21)11-12-25-19(22)24/h5,8,13,16-18H,3-4,6-7,9-12H2,1-2H3/t16?,17-,18?,20?,21?,22-/m0/s1. The van der Waals surface area contributed by atoms with Gasteiger partial charge in [-0.15, -0.1) is 0 Å². The van der Waals surface area contributed by atoms with E-state index in [1.807, 2.05) is 6.08 Å². The average Bonchev–Trinajstić information content (AvgIpc) is 3.10. The molecule has 4 unspecified atom stereocenters. The lowest BCUT2D eigenvalue weighted by Gasteiger charge is -2.58. The minimum Gasteiger partial charge on any atom is -0.465 e. The molecule has 25 heavy (non-hydrogen) atoms. The van der Waals surface area contributed by atoms with E-state index in [1.54, 1.807) is 6.08 Å². The first kappa shape index (κ1) is 15.8. The molecule has 3 nitrogen and oxygen atoms in total. The lowest BCUT2D eigenvalue weighted by molar-refractivity contribution is -0.156. The third-order valence-corrected chi connectivity index (χ3v) is 9.07. The molecule has 6 atom stereocenters. The summed E-state index contributed by atoms with van der Waals surface area (Å²) in [5.74, 6) is 2.15. The summed E-state index contributed by atoms with van der Waals surface area (Å²) >= 11 is 0. The van der Waals surface area contributed by atoms with Crippen LogP contribution >= 0.6 is 0 Å². The predicted octanol–water partition coefficient (Wildman–Crippen LogP) is 4.23. The molecule has 1 saturated heterocycles. The number of hydrogen-bond acceptors (Lipinski definition) is 3. The molecule has 0 bridgehead atoms. The Bertz CT molecular complexity index is 719. The van der Waals surface area contributed by atoms with Gasteiger partial charge in [0.05, 0.1) is 12.0 Å². The maximum absolute atomic E-state index is 12.7. The van der Waals surface area contributed by atoms with Crippen LogP contribution in [0.5, 0.6) is 0 Å². The van der Waals surface area contributed by atoms with Crippen molar-refractivity contribution in [3.8, 4) is 0 Å². The number of carbonyl (C=O) groups excluding carboxylic acids is 2. The fourth-order valence-electron chi connectivity index (χ4n) is 7.64. The minimum absolute atomic E-state index is 0.0457. The summed E-state index contributed by atoms with van der Waals surface area (Å²) in [5, 5.41) is 0. The molecule has 4 aliphatic carbocycles. The monoisotopic (exact) mass is 340 g/mol. The van der Waals surface area contributed by atoms with Crippen LogP contribution < -0.4 is 0 Å². The predicted molar refractivity (Wildman–Crippen MR) is 94.6 cm³/mol. The van der Waals surface area contributed by atoms with Crippen molar-refractivity contribution in [3.63, 3.8) is 0 Å².